The van der Waals surface area contributed by atoms with E-state index in [-0.39, 0.29) is 5.69 Å². The number of rotatable bonds is 3. The summed E-state index contributed by atoms with van der Waals surface area (Å²) in [4.78, 5) is 20.5. The van der Waals surface area contributed by atoms with Gasteiger partial charge in [-0.1, -0.05) is 6.07 Å². The molecule has 0 radical (unpaired) electrons. The number of carbonyl (C=O) groups excluding carboxylic acids is 1. The van der Waals surface area contributed by atoms with Crippen LogP contribution in [0.2, 0.25) is 0 Å². The summed E-state index contributed by atoms with van der Waals surface area (Å²) >= 11 is 0. The maximum Gasteiger partial charge on any atom is 0.362 e. The van der Waals surface area contributed by atoms with Gasteiger partial charge in [0.05, 0.1) is 11.8 Å². The minimum absolute atomic E-state index is 0.215. The summed E-state index contributed by atoms with van der Waals surface area (Å²) in [5.74, 6) is -0.0788. The van der Waals surface area contributed by atoms with Crippen LogP contribution in [0.15, 0.2) is 60.1 Å². The molecular weight excluding hydrogens is 290 g/mol. The predicted octanol–water partition coefficient (Wildman–Crippen LogP) is 3.35. The molecule has 2 aromatic heterocycles. The maximum absolute atomic E-state index is 12.0. The highest BCUT2D eigenvalue weighted by molar-refractivity contribution is 5.88. The Hall–Kier alpha value is -3.26. The zero-order chi connectivity index (χ0) is 16.2. The van der Waals surface area contributed by atoms with Crippen LogP contribution in [0.1, 0.15) is 22.5 Å². The Morgan fingerprint density at radius 3 is 2.65 bits per heavy atom. The first-order valence-corrected chi connectivity index (χ1v) is 7.07. The van der Waals surface area contributed by atoms with E-state index in [4.69, 9.17) is 10.00 Å². The smallest absolute Gasteiger partial charge is 0.362 e. The van der Waals surface area contributed by atoms with Crippen molar-refractivity contribution in [3.05, 3.63) is 71.4 Å². The average molecular weight is 303 g/mol. The van der Waals surface area contributed by atoms with Crippen molar-refractivity contribution in [3.8, 4) is 17.3 Å². The van der Waals surface area contributed by atoms with E-state index < -0.39 is 5.97 Å². The molecule has 0 saturated carbocycles. The van der Waals surface area contributed by atoms with E-state index in [2.05, 4.69) is 9.97 Å². The number of nitriles is 1. The monoisotopic (exact) mass is 303 g/mol. The lowest BCUT2D eigenvalue weighted by Crippen LogP contribution is -2.06. The summed E-state index contributed by atoms with van der Waals surface area (Å²) in [6.07, 6.45) is 6.98. The second-order valence-corrected chi connectivity index (χ2v) is 5.16. The Bertz CT molecular complexity index is 841. The minimum Gasteiger partial charge on any atom is -0.426 e. The first kappa shape index (κ1) is 14.7. The van der Waals surface area contributed by atoms with Crippen LogP contribution in [-0.2, 0) is 4.74 Å². The van der Waals surface area contributed by atoms with Gasteiger partial charge in [0, 0.05) is 30.0 Å². The molecule has 23 heavy (non-hydrogen) atoms. The molecule has 112 valence electrons. The van der Waals surface area contributed by atoms with Gasteiger partial charge in [0.2, 0.25) is 0 Å². The van der Waals surface area contributed by atoms with E-state index in [9.17, 15) is 4.79 Å². The molecule has 0 amide bonds. The molecule has 0 fully saturated rings. The van der Waals surface area contributed by atoms with Gasteiger partial charge in [0.1, 0.15) is 11.5 Å². The molecule has 0 aromatic carbocycles. The standard InChI is InChI=1S/C18H13N3O2/c1-12-2-6-16(20-10-12)14-4-7-17(21-11-14)18(22)23-15-5-3-13(8-15)9-19/h2-7,10-11H,8H2,1H3. The van der Waals surface area contributed by atoms with Crippen molar-refractivity contribution in [3.63, 3.8) is 0 Å². The quantitative estimate of drug-likeness (QED) is 0.813. The predicted molar refractivity (Wildman–Crippen MR) is 84.0 cm³/mol. The molecule has 1 aliphatic carbocycles. The van der Waals surface area contributed by atoms with E-state index in [1.807, 2.05) is 25.1 Å². The number of allylic oxidation sites excluding steroid dienone is 3. The molecule has 2 heterocycles. The number of hydrogen-bond acceptors (Lipinski definition) is 5. The maximum atomic E-state index is 12.0. The van der Waals surface area contributed by atoms with E-state index in [0.29, 0.717) is 17.8 Å². The summed E-state index contributed by atoms with van der Waals surface area (Å²) in [6, 6.07) is 9.29. The Kier molecular flexibility index (Phi) is 3.98. The average Bonchev–Trinajstić information content (AvgIpc) is 3.03. The van der Waals surface area contributed by atoms with Crippen molar-refractivity contribution in [2.24, 2.45) is 0 Å². The number of aromatic nitrogens is 2. The number of esters is 1. The fourth-order valence-corrected chi connectivity index (χ4v) is 2.12. The molecule has 0 bridgehead atoms. The Labute approximate surface area is 133 Å². The molecule has 2 aromatic rings. The van der Waals surface area contributed by atoms with E-state index in [0.717, 1.165) is 16.8 Å². The molecule has 0 saturated heterocycles. The topological polar surface area (TPSA) is 75.9 Å². The first-order valence-electron chi connectivity index (χ1n) is 7.07. The number of nitrogens with zero attached hydrogens (tertiary/aromatic N) is 3. The zero-order valence-corrected chi connectivity index (χ0v) is 12.5. The number of aryl methyl sites for hydroxylation is 1. The first-order chi connectivity index (χ1) is 11.2. The highest BCUT2D eigenvalue weighted by Crippen LogP contribution is 2.21. The molecule has 0 atom stereocenters. The van der Waals surface area contributed by atoms with Gasteiger partial charge in [0.15, 0.2) is 0 Å². The number of ether oxygens (including phenoxy) is 1. The van der Waals surface area contributed by atoms with Crippen LogP contribution in [0, 0.1) is 18.3 Å². The van der Waals surface area contributed by atoms with Crippen molar-refractivity contribution in [1.82, 2.24) is 9.97 Å². The van der Waals surface area contributed by atoms with Crippen LogP contribution in [0.25, 0.3) is 11.3 Å². The van der Waals surface area contributed by atoms with E-state index in [1.165, 1.54) is 0 Å². The summed E-state index contributed by atoms with van der Waals surface area (Å²) in [6.45, 7) is 1.97. The third kappa shape index (κ3) is 3.33. The van der Waals surface area contributed by atoms with Gasteiger partial charge in [-0.25, -0.2) is 9.78 Å². The summed E-state index contributed by atoms with van der Waals surface area (Å²) in [7, 11) is 0. The van der Waals surface area contributed by atoms with E-state index in [1.54, 1.807) is 36.7 Å². The molecule has 0 N–H and O–H groups in total. The Morgan fingerprint density at radius 1 is 1.17 bits per heavy atom. The molecular formula is C18H13N3O2. The lowest BCUT2D eigenvalue weighted by atomic mass is 10.1. The van der Waals surface area contributed by atoms with Gasteiger partial charge in [-0.2, -0.15) is 5.26 Å². The van der Waals surface area contributed by atoms with Crippen molar-refractivity contribution >= 4 is 5.97 Å². The van der Waals surface area contributed by atoms with Gasteiger partial charge >= 0.3 is 5.97 Å². The Balaban J connectivity index is 1.69. The third-order valence-corrected chi connectivity index (χ3v) is 3.38. The number of carbonyl (C=O) groups is 1. The lowest BCUT2D eigenvalue weighted by molar-refractivity contribution is 0.0614. The summed E-state index contributed by atoms with van der Waals surface area (Å²) < 4.78 is 5.23. The fraction of sp³-hybridized carbons (Fsp3) is 0.111. The van der Waals surface area contributed by atoms with Crippen molar-refractivity contribution < 1.29 is 9.53 Å². The minimum atomic E-state index is -0.535. The molecule has 1 aliphatic rings. The SMILES string of the molecule is Cc1ccc(-c2ccc(C(=O)OC3=CC=C(C#N)C3)nc2)nc1. The van der Waals surface area contributed by atoms with Gasteiger partial charge in [-0.05, 0) is 42.8 Å². The van der Waals surface area contributed by atoms with Crippen LogP contribution in [0.4, 0.5) is 0 Å². The largest absolute Gasteiger partial charge is 0.426 e. The number of pyridine rings is 2. The van der Waals surface area contributed by atoms with Gasteiger partial charge in [0.25, 0.3) is 0 Å². The molecule has 0 aliphatic heterocycles. The summed E-state index contributed by atoms with van der Waals surface area (Å²) in [5.41, 5.74) is 3.49. The molecule has 5 nitrogen and oxygen atoms in total. The zero-order valence-electron chi connectivity index (χ0n) is 12.5. The fourth-order valence-electron chi connectivity index (χ4n) is 2.12. The molecule has 0 spiro atoms. The normalized spacial score (nSPS) is 13.0. The number of hydrogen-bond donors (Lipinski definition) is 0. The Morgan fingerprint density at radius 2 is 2.04 bits per heavy atom. The van der Waals surface area contributed by atoms with Crippen molar-refractivity contribution in [1.29, 1.82) is 5.26 Å². The van der Waals surface area contributed by atoms with Gasteiger partial charge in [-0.15, -0.1) is 0 Å². The van der Waals surface area contributed by atoms with Gasteiger partial charge < -0.3 is 4.74 Å². The van der Waals surface area contributed by atoms with Crippen LogP contribution in [0.3, 0.4) is 0 Å². The molecule has 0 unspecified atom stereocenters. The second-order valence-electron chi connectivity index (χ2n) is 5.16. The van der Waals surface area contributed by atoms with Crippen LogP contribution < -0.4 is 0 Å². The van der Waals surface area contributed by atoms with Crippen LogP contribution in [0.5, 0.6) is 0 Å². The summed E-state index contributed by atoms with van der Waals surface area (Å²) in [5, 5.41) is 8.78. The van der Waals surface area contributed by atoms with Crippen molar-refractivity contribution in [2.75, 3.05) is 0 Å². The van der Waals surface area contributed by atoms with Gasteiger partial charge in [-0.3, -0.25) is 4.98 Å². The van der Waals surface area contributed by atoms with Crippen molar-refractivity contribution in [2.45, 2.75) is 13.3 Å². The third-order valence-electron chi connectivity index (χ3n) is 3.38. The highest BCUT2D eigenvalue weighted by atomic mass is 16.5. The van der Waals surface area contributed by atoms with E-state index >= 15 is 0 Å². The lowest BCUT2D eigenvalue weighted by Gasteiger charge is -2.05. The second kappa shape index (κ2) is 6.24. The molecule has 5 heteroatoms. The van der Waals surface area contributed by atoms with Crippen LogP contribution in [-0.4, -0.2) is 15.9 Å². The highest BCUT2D eigenvalue weighted by Gasteiger charge is 2.16. The van der Waals surface area contributed by atoms with Crippen LogP contribution >= 0.6 is 0 Å². The molecule has 3 rings (SSSR count).